The highest BCUT2D eigenvalue weighted by molar-refractivity contribution is 7.07. The number of fused-ring (bicyclic) bond motifs is 1. The van der Waals surface area contributed by atoms with E-state index in [1.165, 1.54) is 37.2 Å². The Balaban J connectivity index is 1.97. The van der Waals surface area contributed by atoms with Crippen LogP contribution in [0.2, 0.25) is 0 Å². The Kier molecular flexibility index (Phi) is 8.25. The molecule has 0 bridgehead atoms. The number of hydrogen-bond acceptors (Lipinski definition) is 9. The predicted octanol–water partition coefficient (Wildman–Crippen LogP) is 3.26. The van der Waals surface area contributed by atoms with Gasteiger partial charge >= 0.3 is 5.97 Å². The minimum atomic E-state index is -0.798. The van der Waals surface area contributed by atoms with E-state index >= 15 is 0 Å². The Morgan fingerprint density at radius 2 is 1.85 bits per heavy atom. The predicted molar refractivity (Wildman–Crippen MR) is 149 cm³/mol. The molecule has 0 spiro atoms. The van der Waals surface area contributed by atoms with Gasteiger partial charge in [-0.05, 0) is 61.7 Å². The summed E-state index contributed by atoms with van der Waals surface area (Å²) < 4.78 is 23.5. The van der Waals surface area contributed by atoms with Gasteiger partial charge in [0, 0.05) is 5.56 Å². The molecular weight excluding hydrogens is 520 g/mol. The Bertz CT molecular complexity index is 1650. The van der Waals surface area contributed by atoms with Crippen molar-refractivity contribution in [2.75, 3.05) is 27.9 Å². The van der Waals surface area contributed by atoms with Gasteiger partial charge < -0.3 is 24.1 Å². The lowest BCUT2D eigenvalue weighted by atomic mass is 9.95. The van der Waals surface area contributed by atoms with E-state index in [1.54, 1.807) is 56.3 Å². The van der Waals surface area contributed by atoms with E-state index in [9.17, 15) is 14.7 Å². The highest BCUT2D eigenvalue weighted by atomic mass is 32.1. The fraction of sp³-hybridized carbons (Fsp3) is 0.276. The molecule has 2 aromatic carbocycles. The van der Waals surface area contributed by atoms with E-state index in [2.05, 4.69) is 11.6 Å². The number of aromatic hydroxyl groups is 1. The second-order valence-electron chi connectivity index (χ2n) is 8.64. The summed E-state index contributed by atoms with van der Waals surface area (Å²) in [6.07, 6.45) is 3.81. The normalized spacial score (nSPS) is 14.9. The number of nitrogens with zero attached hydrogens (tertiary/aromatic N) is 2. The van der Waals surface area contributed by atoms with Gasteiger partial charge in [0.1, 0.15) is 0 Å². The maximum atomic E-state index is 13.9. The van der Waals surface area contributed by atoms with Gasteiger partial charge in [-0.3, -0.25) is 9.36 Å². The van der Waals surface area contributed by atoms with Gasteiger partial charge in [0.25, 0.3) is 5.56 Å². The number of rotatable bonds is 9. The van der Waals surface area contributed by atoms with Gasteiger partial charge in [0.05, 0.1) is 49.8 Å². The van der Waals surface area contributed by atoms with Crippen molar-refractivity contribution < 1.29 is 28.8 Å². The minimum absolute atomic E-state index is 0.0270. The van der Waals surface area contributed by atoms with Crippen LogP contribution in [0.15, 0.2) is 64.0 Å². The molecule has 0 radical (unpaired) electrons. The van der Waals surface area contributed by atoms with Gasteiger partial charge in [-0.2, -0.15) is 0 Å². The molecule has 1 aliphatic rings. The molecule has 10 heteroatoms. The summed E-state index contributed by atoms with van der Waals surface area (Å²) >= 11 is 1.20. The maximum Gasteiger partial charge on any atom is 0.338 e. The summed E-state index contributed by atoms with van der Waals surface area (Å²) in [5, 5.41) is 10.5. The van der Waals surface area contributed by atoms with E-state index in [4.69, 9.17) is 18.9 Å². The molecule has 3 aromatic rings. The molecule has 2 heterocycles. The number of ether oxygens (including phenoxy) is 4. The van der Waals surface area contributed by atoms with Crippen molar-refractivity contribution in [3.05, 3.63) is 90.6 Å². The lowest BCUT2D eigenvalue weighted by molar-refractivity contribution is -0.139. The highest BCUT2D eigenvalue weighted by Crippen LogP contribution is 2.36. The van der Waals surface area contributed by atoms with Crippen molar-refractivity contribution in [1.82, 2.24) is 4.57 Å². The number of benzene rings is 2. The largest absolute Gasteiger partial charge is 0.504 e. The topological polar surface area (TPSA) is 109 Å². The van der Waals surface area contributed by atoms with Crippen molar-refractivity contribution in [3.63, 3.8) is 0 Å². The zero-order chi connectivity index (χ0) is 28.3. The SMILES string of the molecule is C=CCc1cc(/C=c2/sc3n(c2=O)[C@H](c2ccc(OC)c(OC)c2)C(C(=O)OCC)=C(C)N=3)cc(OC)c1O. The van der Waals surface area contributed by atoms with Crippen LogP contribution in [0.4, 0.5) is 0 Å². The number of phenols is 1. The Morgan fingerprint density at radius 3 is 2.49 bits per heavy atom. The molecule has 1 N–H and O–H groups in total. The first-order valence-electron chi connectivity index (χ1n) is 12.2. The van der Waals surface area contributed by atoms with E-state index < -0.39 is 12.0 Å². The average Bonchev–Trinajstić information content (AvgIpc) is 3.23. The summed E-state index contributed by atoms with van der Waals surface area (Å²) in [7, 11) is 4.52. The molecule has 0 unspecified atom stereocenters. The van der Waals surface area contributed by atoms with Crippen LogP contribution in [0, 0.1) is 0 Å². The molecular formula is C29H30N2O7S. The Hall–Kier alpha value is -4.31. The third kappa shape index (κ3) is 5.20. The van der Waals surface area contributed by atoms with E-state index in [0.717, 1.165) is 0 Å². The van der Waals surface area contributed by atoms with Crippen LogP contribution in [-0.2, 0) is 16.0 Å². The van der Waals surface area contributed by atoms with Gasteiger partial charge in [0.15, 0.2) is 27.8 Å². The van der Waals surface area contributed by atoms with Gasteiger partial charge in [-0.25, -0.2) is 9.79 Å². The molecule has 1 aromatic heterocycles. The van der Waals surface area contributed by atoms with E-state index in [-0.39, 0.29) is 29.2 Å². The standard InChI is InChI=1S/C29H30N2O7S/c1-7-9-19-12-17(13-22(37-6)26(19)32)14-23-27(33)31-25(18-10-11-20(35-4)21(15-18)36-5)24(28(34)38-8-2)16(3)30-29(31)39-23/h7,10-15,25,32H,1,8-9H2,2-6H3/b23-14+/t25-/m1/s1. The smallest absolute Gasteiger partial charge is 0.338 e. The summed E-state index contributed by atoms with van der Waals surface area (Å²) in [6.45, 7) is 7.37. The molecule has 0 saturated heterocycles. The van der Waals surface area contributed by atoms with Crippen LogP contribution in [0.3, 0.4) is 0 Å². The molecule has 0 fully saturated rings. The Labute approximate surface area is 229 Å². The fourth-order valence-electron chi connectivity index (χ4n) is 4.52. The molecule has 1 aliphatic heterocycles. The number of carbonyl (C=O) groups excluding carboxylic acids is 1. The van der Waals surface area contributed by atoms with Crippen LogP contribution in [0.25, 0.3) is 6.08 Å². The number of methoxy groups -OCH3 is 3. The third-order valence-electron chi connectivity index (χ3n) is 6.30. The van der Waals surface area contributed by atoms with Crippen molar-refractivity contribution in [3.8, 4) is 23.0 Å². The summed E-state index contributed by atoms with van der Waals surface area (Å²) in [5.74, 6) is 0.742. The zero-order valence-electron chi connectivity index (χ0n) is 22.4. The number of esters is 1. The van der Waals surface area contributed by atoms with Crippen LogP contribution in [0.5, 0.6) is 23.0 Å². The number of phenolic OH excluding ortho intramolecular Hbond substituents is 1. The first kappa shape index (κ1) is 27.7. The zero-order valence-corrected chi connectivity index (χ0v) is 23.3. The Morgan fingerprint density at radius 1 is 1.13 bits per heavy atom. The number of allylic oxidation sites excluding steroid dienone is 2. The van der Waals surface area contributed by atoms with Crippen LogP contribution < -0.4 is 29.1 Å². The second-order valence-corrected chi connectivity index (χ2v) is 9.65. The number of thiazole rings is 1. The van der Waals surface area contributed by atoms with Gasteiger partial charge in [-0.1, -0.05) is 23.5 Å². The molecule has 0 saturated carbocycles. The number of carbonyl (C=O) groups is 1. The molecule has 1 atom stereocenters. The summed E-state index contributed by atoms with van der Waals surface area (Å²) in [6, 6.07) is 7.89. The molecule has 0 amide bonds. The van der Waals surface area contributed by atoms with Crippen LogP contribution in [0.1, 0.15) is 36.6 Å². The quantitative estimate of drug-likeness (QED) is 0.322. The van der Waals surface area contributed by atoms with Crippen molar-refractivity contribution >= 4 is 23.4 Å². The first-order valence-corrected chi connectivity index (χ1v) is 13.0. The average molecular weight is 551 g/mol. The van der Waals surface area contributed by atoms with Crippen LogP contribution in [-0.4, -0.2) is 43.6 Å². The molecule has 9 nitrogen and oxygen atoms in total. The number of hydrogen-bond donors (Lipinski definition) is 1. The molecule has 4 rings (SSSR count). The van der Waals surface area contributed by atoms with E-state index in [1.807, 2.05) is 0 Å². The number of aromatic nitrogens is 1. The monoisotopic (exact) mass is 550 g/mol. The first-order chi connectivity index (χ1) is 18.8. The maximum absolute atomic E-state index is 13.9. The van der Waals surface area contributed by atoms with Crippen molar-refractivity contribution in [2.45, 2.75) is 26.3 Å². The molecule has 0 aliphatic carbocycles. The lowest BCUT2D eigenvalue weighted by Gasteiger charge is -2.25. The molecule has 204 valence electrons. The van der Waals surface area contributed by atoms with Crippen molar-refractivity contribution in [2.24, 2.45) is 4.99 Å². The third-order valence-corrected chi connectivity index (χ3v) is 7.28. The van der Waals surface area contributed by atoms with Gasteiger partial charge in [-0.15, -0.1) is 6.58 Å². The fourth-order valence-corrected chi connectivity index (χ4v) is 5.57. The van der Waals surface area contributed by atoms with E-state index in [0.29, 0.717) is 49.6 Å². The highest BCUT2D eigenvalue weighted by Gasteiger charge is 2.34. The minimum Gasteiger partial charge on any atom is -0.504 e. The summed E-state index contributed by atoms with van der Waals surface area (Å²) in [4.78, 5) is 32.1. The lowest BCUT2D eigenvalue weighted by Crippen LogP contribution is -2.40. The second kappa shape index (κ2) is 11.6. The molecule has 39 heavy (non-hydrogen) atoms. The summed E-state index contributed by atoms with van der Waals surface area (Å²) in [5.41, 5.74) is 2.31. The van der Waals surface area contributed by atoms with Crippen molar-refractivity contribution in [1.29, 1.82) is 0 Å². The van der Waals surface area contributed by atoms with Crippen LogP contribution >= 0.6 is 11.3 Å². The van der Waals surface area contributed by atoms with Gasteiger partial charge in [0.2, 0.25) is 0 Å².